The Labute approximate surface area is 91.8 Å². The number of carbonyl (C=O) groups excluding carboxylic acids is 1. The van der Waals surface area contributed by atoms with Crippen LogP contribution >= 0.6 is 0 Å². The van der Waals surface area contributed by atoms with Crippen molar-refractivity contribution < 1.29 is 4.79 Å². The van der Waals surface area contributed by atoms with Gasteiger partial charge in [0.1, 0.15) is 0 Å². The highest BCUT2D eigenvalue weighted by Crippen LogP contribution is 2.52. The third-order valence-corrected chi connectivity index (χ3v) is 4.14. The van der Waals surface area contributed by atoms with Gasteiger partial charge in [0, 0.05) is 12.5 Å². The lowest BCUT2D eigenvalue weighted by molar-refractivity contribution is -0.124. The molecule has 2 aliphatic rings. The average Bonchev–Trinajstić information content (AvgIpc) is 3.00. The monoisotopic (exact) mass is 210 g/mol. The Balaban J connectivity index is 1.93. The molecule has 0 aromatic heterocycles. The van der Waals surface area contributed by atoms with Crippen molar-refractivity contribution >= 4 is 5.91 Å². The third kappa shape index (κ3) is 2.03. The van der Waals surface area contributed by atoms with E-state index in [9.17, 15) is 4.79 Å². The van der Waals surface area contributed by atoms with Crippen LogP contribution < -0.4 is 11.1 Å². The Bertz CT molecular complexity index is 283. The number of hydrogen-bond acceptors (Lipinski definition) is 2. The fourth-order valence-corrected chi connectivity index (χ4v) is 2.32. The summed E-state index contributed by atoms with van der Waals surface area (Å²) in [6.07, 6.45) is 3.44. The van der Waals surface area contributed by atoms with Gasteiger partial charge in [0.2, 0.25) is 5.91 Å². The van der Waals surface area contributed by atoms with Crippen LogP contribution in [0.3, 0.4) is 0 Å². The van der Waals surface area contributed by atoms with Gasteiger partial charge < -0.3 is 11.1 Å². The number of carbonyl (C=O) groups is 1. The van der Waals surface area contributed by atoms with E-state index in [4.69, 9.17) is 5.73 Å². The van der Waals surface area contributed by atoms with Crippen molar-refractivity contribution in [2.24, 2.45) is 23.0 Å². The normalized spacial score (nSPS) is 31.9. The Kier molecular flexibility index (Phi) is 2.34. The van der Waals surface area contributed by atoms with Crippen LogP contribution in [0.5, 0.6) is 0 Å². The number of nitrogens with one attached hydrogen (secondary N) is 1. The molecule has 3 heteroatoms. The SMILES string of the molecule is CC1(C)CC1C(=O)NC(C)(CN)C1CC1. The lowest BCUT2D eigenvalue weighted by Crippen LogP contribution is -2.53. The fourth-order valence-electron chi connectivity index (χ4n) is 2.32. The molecule has 2 rings (SSSR count). The van der Waals surface area contributed by atoms with Crippen molar-refractivity contribution in [3.63, 3.8) is 0 Å². The Morgan fingerprint density at radius 3 is 2.40 bits per heavy atom. The Hall–Kier alpha value is -0.570. The van der Waals surface area contributed by atoms with E-state index in [-0.39, 0.29) is 22.8 Å². The molecule has 2 saturated carbocycles. The van der Waals surface area contributed by atoms with Gasteiger partial charge in [-0.05, 0) is 37.5 Å². The fraction of sp³-hybridized carbons (Fsp3) is 0.917. The van der Waals surface area contributed by atoms with Crippen molar-refractivity contribution in [3.05, 3.63) is 0 Å². The van der Waals surface area contributed by atoms with Crippen molar-refractivity contribution in [2.45, 2.75) is 45.6 Å². The van der Waals surface area contributed by atoms with E-state index >= 15 is 0 Å². The highest BCUT2D eigenvalue weighted by Gasteiger charge is 2.52. The highest BCUT2D eigenvalue weighted by atomic mass is 16.2. The van der Waals surface area contributed by atoms with Gasteiger partial charge in [-0.3, -0.25) is 4.79 Å². The second-order valence-corrected chi connectivity index (χ2v) is 6.13. The maximum atomic E-state index is 12.0. The van der Waals surface area contributed by atoms with E-state index in [1.807, 2.05) is 0 Å². The molecule has 0 bridgehead atoms. The van der Waals surface area contributed by atoms with Gasteiger partial charge in [0.05, 0.1) is 5.54 Å². The minimum atomic E-state index is -0.157. The molecule has 0 saturated heterocycles. The second-order valence-electron chi connectivity index (χ2n) is 6.13. The topological polar surface area (TPSA) is 55.1 Å². The molecule has 2 unspecified atom stereocenters. The van der Waals surface area contributed by atoms with E-state index in [1.165, 1.54) is 12.8 Å². The van der Waals surface area contributed by atoms with Crippen LogP contribution in [0.25, 0.3) is 0 Å². The maximum Gasteiger partial charge on any atom is 0.224 e. The van der Waals surface area contributed by atoms with Crippen LogP contribution in [0.15, 0.2) is 0 Å². The molecule has 0 heterocycles. The predicted molar refractivity (Wildman–Crippen MR) is 60.2 cm³/mol. The first-order valence-corrected chi connectivity index (χ1v) is 5.91. The van der Waals surface area contributed by atoms with Crippen molar-refractivity contribution in [2.75, 3.05) is 6.54 Å². The largest absolute Gasteiger partial charge is 0.349 e. The van der Waals surface area contributed by atoms with Crippen LogP contribution in [-0.2, 0) is 4.79 Å². The molecular weight excluding hydrogens is 188 g/mol. The first-order valence-electron chi connectivity index (χ1n) is 5.91. The highest BCUT2D eigenvalue weighted by molar-refractivity contribution is 5.83. The molecule has 86 valence electrons. The van der Waals surface area contributed by atoms with Gasteiger partial charge in [-0.25, -0.2) is 0 Å². The molecule has 0 aromatic carbocycles. The molecule has 3 nitrogen and oxygen atoms in total. The standard InChI is InChI=1S/C12H22N2O/c1-11(2)6-9(11)10(15)14-12(3,7-13)8-4-5-8/h8-9H,4-7,13H2,1-3H3,(H,14,15). The van der Waals surface area contributed by atoms with Crippen molar-refractivity contribution in [1.82, 2.24) is 5.32 Å². The second kappa shape index (κ2) is 3.21. The van der Waals surface area contributed by atoms with Crippen LogP contribution in [0, 0.1) is 17.3 Å². The van der Waals surface area contributed by atoms with E-state index in [1.54, 1.807) is 0 Å². The summed E-state index contributed by atoms with van der Waals surface area (Å²) in [5.74, 6) is 1.02. The first kappa shape index (κ1) is 10.9. The minimum absolute atomic E-state index is 0.157. The van der Waals surface area contributed by atoms with Gasteiger partial charge in [-0.15, -0.1) is 0 Å². The smallest absolute Gasteiger partial charge is 0.224 e. The van der Waals surface area contributed by atoms with Crippen LogP contribution in [0.4, 0.5) is 0 Å². The lowest BCUT2D eigenvalue weighted by Gasteiger charge is -2.29. The average molecular weight is 210 g/mol. The number of nitrogens with two attached hydrogens (primary N) is 1. The summed E-state index contributed by atoms with van der Waals surface area (Å²) in [4.78, 5) is 12.0. The number of hydrogen-bond donors (Lipinski definition) is 2. The predicted octanol–water partition coefficient (Wildman–Crippen LogP) is 1.28. The van der Waals surface area contributed by atoms with Crippen LogP contribution in [-0.4, -0.2) is 18.0 Å². The van der Waals surface area contributed by atoms with Gasteiger partial charge in [0.15, 0.2) is 0 Å². The summed E-state index contributed by atoms with van der Waals surface area (Å²) in [5.41, 5.74) is 5.82. The summed E-state index contributed by atoms with van der Waals surface area (Å²) >= 11 is 0. The zero-order chi connectivity index (χ0) is 11.3. The summed E-state index contributed by atoms with van der Waals surface area (Å²) in [6.45, 7) is 6.93. The van der Waals surface area contributed by atoms with E-state index in [0.717, 1.165) is 6.42 Å². The third-order valence-electron chi connectivity index (χ3n) is 4.14. The molecule has 1 amide bonds. The Morgan fingerprint density at radius 1 is 1.53 bits per heavy atom. The van der Waals surface area contributed by atoms with Crippen LogP contribution in [0.1, 0.15) is 40.0 Å². The van der Waals surface area contributed by atoms with Gasteiger partial charge in [-0.2, -0.15) is 0 Å². The summed E-state index contributed by atoms with van der Waals surface area (Å²) in [6, 6.07) is 0. The summed E-state index contributed by atoms with van der Waals surface area (Å²) in [5, 5.41) is 3.16. The quantitative estimate of drug-likeness (QED) is 0.734. The van der Waals surface area contributed by atoms with Gasteiger partial charge in [0.25, 0.3) is 0 Å². The first-order chi connectivity index (χ1) is 6.89. The lowest BCUT2D eigenvalue weighted by atomic mass is 9.95. The number of amides is 1. The van der Waals surface area contributed by atoms with Gasteiger partial charge in [-0.1, -0.05) is 13.8 Å². The summed E-state index contributed by atoms with van der Waals surface area (Å²) in [7, 11) is 0. The zero-order valence-electron chi connectivity index (χ0n) is 9.97. The van der Waals surface area contributed by atoms with Gasteiger partial charge >= 0.3 is 0 Å². The minimum Gasteiger partial charge on any atom is -0.349 e. The Morgan fingerprint density at radius 2 is 2.07 bits per heavy atom. The molecule has 0 radical (unpaired) electrons. The summed E-state index contributed by atoms with van der Waals surface area (Å²) < 4.78 is 0. The molecule has 0 spiro atoms. The molecule has 2 aliphatic carbocycles. The molecule has 2 atom stereocenters. The maximum absolute atomic E-state index is 12.0. The van der Waals surface area contributed by atoms with Crippen LogP contribution in [0.2, 0.25) is 0 Å². The molecule has 2 fully saturated rings. The molecule has 0 aromatic rings. The molecular formula is C12H22N2O. The molecule has 3 N–H and O–H groups in total. The molecule has 0 aliphatic heterocycles. The zero-order valence-corrected chi connectivity index (χ0v) is 9.97. The van der Waals surface area contributed by atoms with E-state index in [0.29, 0.717) is 12.5 Å². The van der Waals surface area contributed by atoms with E-state index in [2.05, 4.69) is 26.1 Å². The number of rotatable bonds is 4. The molecule has 15 heavy (non-hydrogen) atoms. The van der Waals surface area contributed by atoms with Crippen molar-refractivity contribution in [3.8, 4) is 0 Å². The van der Waals surface area contributed by atoms with E-state index < -0.39 is 0 Å². The van der Waals surface area contributed by atoms with Crippen molar-refractivity contribution in [1.29, 1.82) is 0 Å².